The SMILES string of the molecule is CC/C=C/C/C=C/C/C=C/C/C=C/C/C=C/C/C=C/CCC(=O)OC[C@H](COP(=O)(O)OCCN)OC(=O)CCCCCCC/C=C/CCCCCCCC. The highest BCUT2D eigenvalue weighted by Crippen LogP contribution is 2.43. The molecule has 2 atom stereocenters. The van der Waals surface area contributed by atoms with Gasteiger partial charge in [-0.15, -0.1) is 0 Å². The van der Waals surface area contributed by atoms with E-state index in [1.807, 2.05) is 12.2 Å². The van der Waals surface area contributed by atoms with E-state index in [1.165, 1.54) is 44.9 Å². The average Bonchev–Trinajstić information content (AvgIpc) is 3.17. The van der Waals surface area contributed by atoms with Crippen molar-refractivity contribution in [1.82, 2.24) is 0 Å². The zero-order valence-corrected chi connectivity index (χ0v) is 35.3. The topological polar surface area (TPSA) is 134 Å². The van der Waals surface area contributed by atoms with E-state index in [2.05, 4.69) is 86.8 Å². The molecule has 0 heterocycles. The molecule has 0 saturated carbocycles. The van der Waals surface area contributed by atoms with Crippen LogP contribution in [0.5, 0.6) is 0 Å². The molecule has 0 aliphatic rings. The quantitative estimate of drug-likeness (QED) is 0.0271. The third kappa shape index (κ3) is 40.7. The number of carbonyl (C=O) groups is 2. The zero-order chi connectivity index (χ0) is 40.3. The van der Waals surface area contributed by atoms with Crippen molar-refractivity contribution in [2.45, 2.75) is 161 Å². The minimum atomic E-state index is -4.40. The second-order valence-corrected chi connectivity index (χ2v) is 14.9. The van der Waals surface area contributed by atoms with Gasteiger partial charge in [0.05, 0.1) is 13.2 Å². The van der Waals surface area contributed by atoms with E-state index in [4.69, 9.17) is 24.3 Å². The Morgan fingerprint density at radius 3 is 1.56 bits per heavy atom. The number of allylic oxidation sites excluding steroid dienone is 14. The standard InChI is InChI=1S/C45H76NO8P/c1-3-5-7-9-11-13-15-17-19-20-21-22-24-25-27-29-31-33-35-37-44(47)51-41-43(42-53-55(49,50)52-40-39-46)54-45(48)38-36-34-32-30-28-26-23-18-16-14-12-10-8-6-4-2/h5,7,11,13,17-19,21-23,25,27,31,33,43H,3-4,6,8-10,12,14-16,20,24,26,28-30,32,34-42,46H2,1-2H3,(H,49,50)/b7-5+,13-11+,19-17+,22-21+,23-18+,27-25+,33-31+/t43-/m1/s1. The number of nitrogens with two attached hydrogens (primary N) is 1. The summed E-state index contributed by atoms with van der Waals surface area (Å²) in [5, 5.41) is 0. The minimum absolute atomic E-state index is 0.0384. The molecule has 0 aromatic rings. The van der Waals surface area contributed by atoms with Crippen LogP contribution in [0.2, 0.25) is 0 Å². The second-order valence-electron chi connectivity index (χ2n) is 13.5. The van der Waals surface area contributed by atoms with Crippen molar-refractivity contribution in [3.8, 4) is 0 Å². The largest absolute Gasteiger partial charge is 0.472 e. The molecule has 0 aromatic carbocycles. The first-order valence-corrected chi connectivity index (χ1v) is 22.6. The molecule has 3 N–H and O–H groups in total. The molecule has 0 bridgehead atoms. The van der Waals surface area contributed by atoms with E-state index in [0.29, 0.717) is 12.8 Å². The Balaban J connectivity index is 4.33. The average molecular weight is 790 g/mol. The fraction of sp³-hybridized carbons (Fsp3) is 0.644. The van der Waals surface area contributed by atoms with Crippen LogP contribution in [0, 0.1) is 0 Å². The molecule has 0 amide bonds. The molecule has 0 radical (unpaired) electrons. The van der Waals surface area contributed by atoms with Gasteiger partial charge < -0.3 is 20.1 Å². The minimum Gasteiger partial charge on any atom is -0.462 e. The number of phosphoric acid groups is 1. The highest BCUT2D eigenvalue weighted by atomic mass is 31.2. The second kappa shape index (κ2) is 40.8. The Labute approximate surface area is 334 Å². The van der Waals surface area contributed by atoms with Crippen molar-refractivity contribution in [2.75, 3.05) is 26.4 Å². The number of ether oxygens (including phenoxy) is 2. The fourth-order valence-electron chi connectivity index (χ4n) is 5.18. The molecule has 1 unspecified atom stereocenters. The summed E-state index contributed by atoms with van der Waals surface area (Å²) < 4.78 is 32.6. The first-order valence-electron chi connectivity index (χ1n) is 21.1. The highest BCUT2D eigenvalue weighted by molar-refractivity contribution is 7.47. The fourth-order valence-corrected chi connectivity index (χ4v) is 5.95. The van der Waals surface area contributed by atoms with Gasteiger partial charge in [0.15, 0.2) is 6.10 Å². The molecule has 0 aromatic heterocycles. The van der Waals surface area contributed by atoms with Crippen molar-refractivity contribution < 1.29 is 37.6 Å². The van der Waals surface area contributed by atoms with E-state index >= 15 is 0 Å². The van der Waals surface area contributed by atoms with Gasteiger partial charge in [-0.25, -0.2) is 4.57 Å². The maximum absolute atomic E-state index is 12.6. The monoisotopic (exact) mass is 790 g/mol. The number of hydrogen-bond donors (Lipinski definition) is 2. The summed E-state index contributed by atoms with van der Waals surface area (Å²) in [7, 11) is -4.40. The summed E-state index contributed by atoms with van der Waals surface area (Å²) in [5.41, 5.74) is 5.34. The molecule has 0 fully saturated rings. The lowest BCUT2D eigenvalue weighted by Gasteiger charge is -2.19. The van der Waals surface area contributed by atoms with E-state index in [-0.39, 0.29) is 32.6 Å². The summed E-state index contributed by atoms with van der Waals surface area (Å²) in [6, 6.07) is 0. The van der Waals surface area contributed by atoms with Gasteiger partial charge >= 0.3 is 19.8 Å². The number of rotatable bonds is 38. The number of carbonyl (C=O) groups excluding carboxylic acids is 2. The predicted octanol–water partition coefficient (Wildman–Crippen LogP) is 12.0. The van der Waals surface area contributed by atoms with Crippen molar-refractivity contribution in [3.63, 3.8) is 0 Å². The molecular formula is C45H76NO8P. The van der Waals surface area contributed by atoms with Crippen LogP contribution in [0.1, 0.15) is 155 Å². The van der Waals surface area contributed by atoms with E-state index in [1.54, 1.807) is 0 Å². The smallest absolute Gasteiger partial charge is 0.462 e. The molecular weight excluding hydrogens is 713 g/mol. The molecule has 10 heteroatoms. The van der Waals surface area contributed by atoms with Crippen LogP contribution < -0.4 is 5.73 Å². The molecule has 9 nitrogen and oxygen atoms in total. The van der Waals surface area contributed by atoms with Crippen LogP contribution in [0.3, 0.4) is 0 Å². The third-order valence-corrected chi connectivity index (χ3v) is 9.26. The molecule has 0 aliphatic carbocycles. The van der Waals surface area contributed by atoms with Gasteiger partial charge in [0.25, 0.3) is 0 Å². The van der Waals surface area contributed by atoms with Crippen molar-refractivity contribution in [3.05, 3.63) is 85.1 Å². The van der Waals surface area contributed by atoms with Crippen LogP contribution >= 0.6 is 7.82 Å². The van der Waals surface area contributed by atoms with E-state index < -0.39 is 32.5 Å². The molecule has 314 valence electrons. The van der Waals surface area contributed by atoms with Crippen LogP contribution in [0.15, 0.2) is 85.1 Å². The van der Waals surface area contributed by atoms with Gasteiger partial charge in [0, 0.05) is 19.4 Å². The predicted molar refractivity (Wildman–Crippen MR) is 229 cm³/mol. The molecule has 0 spiro atoms. The summed E-state index contributed by atoms with van der Waals surface area (Å²) in [6.45, 7) is 3.49. The molecule has 55 heavy (non-hydrogen) atoms. The van der Waals surface area contributed by atoms with Gasteiger partial charge in [-0.2, -0.15) is 0 Å². The zero-order valence-electron chi connectivity index (χ0n) is 34.4. The van der Waals surface area contributed by atoms with Crippen LogP contribution in [-0.2, 0) is 32.7 Å². The Kier molecular flexibility index (Phi) is 38.8. The van der Waals surface area contributed by atoms with Crippen LogP contribution in [0.25, 0.3) is 0 Å². The summed E-state index contributed by atoms with van der Waals surface area (Å²) in [6.07, 6.45) is 50.5. The van der Waals surface area contributed by atoms with Gasteiger partial charge in [-0.3, -0.25) is 18.6 Å². The summed E-state index contributed by atoms with van der Waals surface area (Å²) in [5.74, 6) is -0.944. The number of hydrogen-bond acceptors (Lipinski definition) is 8. The molecule has 0 rings (SSSR count). The highest BCUT2D eigenvalue weighted by Gasteiger charge is 2.25. The van der Waals surface area contributed by atoms with Crippen LogP contribution in [-0.4, -0.2) is 49.3 Å². The Morgan fingerprint density at radius 2 is 1.04 bits per heavy atom. The first-order chi connectivity index (χ1) is 26.8. The van der Waals surface area contributed by atoms with Gasteiger partial charge in [-0.05, 0) is 77.0 Å². The van der Waals surface area contributed by atoms with Crippen molar-refractivity contribution >= 4 is 19.8 Å². The van der Waals surface area contributed by atoms with E-state index in [9.17, 15) is 19.0 Å². The lowest BCUT2D eigenvalue weighted by atomic mass is 10.1. The molecule has 0 saturated heterocycles. The maximum Gasteiger partial charge on any atom is 0.472 e. The number of esters is 2. The van der Waals surface area contributed by atoms with Gasteiger partial charge in [0.2, 0.25) is 0 Å². The summed E-state index contributed by atoms with van der Waals surface area (Å²) >= 11 is 0. The number of unbranched alkanes of at least 4 members (excludes halogenated alkanes) is 11. The Morgan fingerprint density at radius 1 is 0.564 bits per heavy atom. The lowest BCUT2D eigenvalue weighted by Crippen LogP contribution is -2.29. The third-order valence-electron chi connectivity index (χ3n) is 8.28. The van der Waals surface area contributed by atoms with Crippen molar-refractivity contribution in [1.29, 1.82) is 0 Å². The van der Waals surface area contributed by atoms with E-state index in [0.717, 1.165) is 70.6 Å². The first kappa shape index (κ1) is 52.2. The Hall–Kier alpha value is -2.81. The van der Waals surface area contributed by atoms with Crippen molar-refractivity contribution in [2.24, 2.45) is 5.73 Å². The maximum atomic E-state index is 12.6. The number of phosphoric ester groups is 1. The van der Waals surface area contributed by atoms with Crippen LogP contribution in [0.4, 0.5) is 0 Å². The Bertz CT molecular complexity index is 1170. The van der Waals surface area contributed by atoms with Gasteiger partial charge in [0.1, 0.15) is 6.61 Å². The molecule has 0 aliphatic heterocycles. The normalized spacial score (nSPS) is 14.2. The lowest BCUT2D eigenvalue weighted by molar-refractivity contribution is -0.161. The summed E-state index contributed by atoms with van der Waals surface area (Å²) in [4.78, 5) is 34.8. The van der Waals surface area contributed by atoms with Gasteiger partial charge in [-0.1, -0.05) is 150 Å².